The van der Waals surface area contributed by atoms with E-state index in [1.807, 2.05) is 0 Å². The average Bonchev–Trinajstić information content (AvgIpc) is 3.46. The number of aromatic carboxylic acids is 2. The van der Waals surface area contributed by atoms with E-state index in [-0.39, 0.29) is 70.5 Å². The molecular weight excluding hydrogens is 736 g/mol. The van der Waals surface area contributed by atoms with Crippen LogP contribution in [0.4, 0.5) is 0 Å². The van der Waals surface area contributed by atoms with Crippen LogP contribution >= 0.6 is 0 Å². The van der Waals surface area contributed by atoms with Gasteiger partial charge in [-0.3, -0.25) is 19.2 Å². The first kappa shape index (κ1) is 36.1. The highest BCUT2D eigenvalue weighted by Gasteiger charge is 2.37. The second kappa shape index (κ2) is 12.4. The van der Waals surface area contributed by atoms with E-state index in [1.165, 1.54) is 48.5 Å². The molecule has 0 amide bonds. The first-order chi connectivity index (χ1) is 26.1. The van der Waals surface area contributed by atoms with Crippen molar-refractivity contribution < 1.29 is 59.7 Å². The van der Waals surface area contributed by atoms with Gasteiger partial charge >= 0.3 is 23.2 Å². The topological polar surface area (TPSA) is 301 Å². The summed E-state index contributed by atoms with van der Waals surface area (Å²) in [6, 6.07) is 16.0. The zero-order chi connectivity index (χ0) is 39.4. The average molecular weight is 756 g/mol. The van der Waals surface area contributed by atoms with E-state index in [4.69, 9.17) is 0 Å². The van der Waals surface area contributed by atoms with Gasteiger partial charge in [0.2, 0.25) is 0 Å². The Balaban J connectivity index is 0.000000169. The minimum Gasteiger partial charge on any atom is -0.870 e. The Labute approximate surface area is 307 Å². The SMILES string of the molecule is O=C(O)c1cc2c(O)c3c(c(O)c2cc1C(=O)O)C(=O)c1ccccc1C3=O.O=c1oc(=O)c2cc3c(O)c4c(=O)c5ccccc5c(=O)c4c(O)c3cc12.[OH-]. The third-order valence-corrected chi connectivity index (χ3v) is 9.61. The molecule has 0 fully saturated rings. The Morgan fingerprint density at radius 1 is 0.446 bits per heavy atom. The van der Waals surface area contributed by atoms with E-state index in [9.17, 15) is 69.0 Å². The van der Waals surface area contributed by atoms with E-state index in [2.05, 4.69) is 4.42 Å². The minimum atomic E-state index is -1.57. The van der Waals surface area contributed by atoms with Crippen molar-refractivity contribution in [1.29, 1.82) is 0 Å². The zero-order valence-electron chi connectivity index (χ0n) is 27.7. The molecule has 0 aliphatic heterocycles. The second-order valence-electron chi connectivity index (χ2n) is 12.5. The third-order valence-electron chi connectivity index (χ3n) is 9.61. The summed E-state index contributed by atoms with van der Waals surface area (Å²) in [5, 5.41) is 60.0. The summed E-state index contributed by atoms with van der Waals surface area (Å²) in [7, 11) is 0. The van der Waals surface area contributed by atoms with Gasteiger partial charge in [0.25, 0.3) is 0 Å². The third kappa shape index (κ3) is 4.83. The molecule has 16 nitrogen and oxygen atoms in total. The van der Waals surface area contributed by atoms with Gasteiger partial charge in [0.15, 0.2) is 22.4 Å². The van der Waals surface area contributed by atoms with Crippen LogP contribution in [0.2, 0.25) is 0 Å². The number of ketones is 2. The number of phenols is 4. The fourth-order valence-electron chi connectivity index (χ4n) is 7.06. The van der Waals surface area contributed by atoms with Gasteiger partial charge in [0.1, 0.15) is 23.0 Å². The van der Waals surface area contributed by atoms with Gasteiger partial charge in [-0.25, -0.2) is 19.2 Å². The van der Waals surface area contributed by atoms with Crippen molar-refractivity contribution in [3.05, 3.63) is 147 Å². The number of carbonyl (C=O) groups excluding carboxylic acids is 2. The van der Waals surface area contributed by atoms with Gasteiger partial charge in [-0.05, 0) is 24.3 Å². The number of carboxylic acids is 2. The van der Waals surface area contributed by atoms with Crippen LogP contribution in [-0.4, -0.2) is 59.6 Å². The summed E-state index contributed by atoms with van der Waals surface area (Å²) in [6.07, 6.45) is 0. The summed E-state index contributed by atoms with van der Waals surface area (Å²) >= 11 is 0. The quantitative estimate of drug-likeness (QED) is 0.108. The summed E-state index contributed by atoms with van der Waals surface area (Å²) < 4.78 is 4.53. The first-order valence-corrected chi connectivity index (χ1v) is 15.8. The molecule has 0 saturated carbocycles. The highest BCUT2D eigenvalue weighted by atomic mass is 16.4. The number of hydrogen-bond acceptors (Lipinski definition) is 14. The van der Waals surface area contributed by atoms with Crippen molar-refractivity contribution >= 4 is 77.4 Å². The summed E-state index contributed by atoms with van der Waals surface area (Å²) in [5.74, 6) is -7.03. The Bertz CT molecular complexity index is 3160. The van der Waals surface area contributed by atoms with E-state index >= 15 is 0 Å². The molecule has 16 heteroatoms. The van der Waals surface area contributed by atoms with Crippen molar-refractivity contribution in [1.82, 2.24) is 0 Å². The fourth-order valence-corrected chi connectivity index (χ4v) is 7.06. The molecule has 0 unspecified atom stereocenters. The fraction of sp³-hybridized carbons (Fsp3) is 0. The van der Waals surface area contributed by atoms with Crippen LogP contribution in [0.15, 0.2) is 96.4 Å². The smallest absolute Gasteiger partial charge is 0.346 e. The van der Waals surface area contributed by atoms with Crippen molar-refractivity contribution in [3.63, 3.8) is 0 Å². The van der Waals surface area contributed by atoms with Crippen LogP contribution in [0.3, 0.4) is 0 Å². The van der Waals surface area contributed by atoms with Gasteiger partial charge in [-0.1, -0.05) is 48.5 Å². The highest BCUT2D eigenvalue weighted by Crippen LogP contribution is 2.45. The van der Waals surface area contributed by atoms with E-state index < -0.39 is 90.9 Å². The summed E-state index contributed by atoms with van der Waals surface area (Å²) in [5.41, 5.74) is -5.11. The maximum absolute atomic E-state index is 12.9. The van der Waals surface area contributed by atoms with E-state index in [1.54, 1.807) is 12.1 Å². The Hall–Kier alpha value is -8.24. The predicted molar refractivity (Wildman–Crippen MR) is 196 cm³/mol. The Kier molecular flexibility index (Phi) is 8.02. The molecule has 1 aromatic heterocycles. The maximum Gasteiger partial charge on any atom is 0.346 e. The molecule has 0 spiro atoms. The Morgan fingerprint density at radius 3 is 1.14 bits per heavy atom. The van der Waals surface area contributed by atoms with Crippen LogP contribution < -0.4 is 22.1 Å². The molecule has 7 aromatic carbocycles. The summed E-state index contributed by atoms with van der Waals surface area (Å²) in [6.45, 7) is 0. The molecule has 0 saturated heterocycles. The second-order valence-corrected chi connectivity index (χ2v) is 12.5. The van der Waals surface area contributed by atoms with Crippen LogP contribution in [-0.2, 0) is 0 Å². The number of aromatic hydroxyl groups is 4. The van der Waals surface area contributed by atoms with Crippen molar-refractivity contribution in [3.8, 4) is 23.0 Å². The zero-order valence-corrected chi connectivity index (χ0v) is 27.7. The number of carbonyl (C=O) groups is 4. The Morgan fingerprint density at radius 2 is 0.786 bits per heavy atom. The van der Waals surface area contributed by atoms with Gasteiger partial charge in [-0.15, -0.1) is 0 Å². The van der Waals surface area contributed by atoms with E-state index in [0.29, 0.717) is 0 Å². The molecule has 1 aliphatic carbocycles. The maximum atomic E-state index is 12.9. The van der Waals surface area contributed by atoms with Crippen molar-refractivity contribution in [2.45, 2.75) is 0 Å². The molecule has 0 radical (unpaired) electrons. The molecule has 1 aliphatic rings. The van der Waals surface area contributed by atoms with Crippen molar-refractivity contribution in [2.75, 3.05) is 0 Å². The number of fused-ring (bicyclic) bond motifs is 7. The normalized spacial score (nSPS) is 12.0. The number of rotatable bonds is 2. The van der Waals surface area contributed by atoms with Gasteiger partial charge in [-0.2, -0.15) is 0 Å². The van der Waals surface area contributed by atoms with Gasteiger partial charge in [0, 0.05) is 43.4 Å². The lowest BCUT2D eigenvalue weighted by Gasteiger charge is -2.21. The monoisotopic (exact) mass is 755 g/mol. The molecule has 9 rings (SSSR count). The van der Waals surface area contributed by atoms with Crippen LogP contribution in [0.25, 0.3) is 53.9 Å². The predicted octanol–water partition coefficient (Wildman–Crippen LogP) is 3.87. The number of phenolic OH excluding ortho intramolecular Hbond substituents is 4. The lowest BCUT2D eigenvalue weighted by atomic mass is 9.81. The summed E-state index contributed by atoms with van der Waals surface area (Å²) in [4.78, 5) is 97.7. The minimum absolute atomic E-state index is 0. The molecule has 8 aromatic rings. The molecule has 0 atom stereocenters. The van der Waals surface area contributed by atoms with E-state index in [0.717, 1.165) is 12.1 Å². The van der Waals surface area contributed by atoms with Gasteiger partial charge in [0.05, 0.1) is 43.8 Å². The molecule has 276 valence electrons. The van der Waals surface area contributed by atoms with Crippen molar-refractivity contribution in [2.24, 2.45) is 0 Å². The molecule has 1 heterocycles. The largest absolute Gasteiger partial charge is 0.870 e. The lowest BCUT2D eigenvalue weighted by Crippen LogP contribution is -2.21. The molecule has 7 N–H and O–H groups in total. The number of furan rings is 1. The van der Waals surface area contributed by atoms with Gasteiger partial charge < -0.3 is 40.5 Å². The van der Waals surface area contributed by atoms with Crippen LogP contribution in [0, 0.1) is 0 Å². The van der Waals surface area contributed by atoms with Crippen LogP contribution in [0.1, 0.15) is 52.6 Å². The number of benzene rings is 7. The molecule has 0 bridgehead atoms. The number of hydrogen-bond donors (Lipinski definition) is 6. The molecular formula is C40H19O16-. The first-order valence-electron chi connectivity index (χ1n) is 15.8. The number of carboxylic acid groups (broad SMARTS) is 2. The van der Waals surface area contributed by atoms with Crippen LogP contribution in [0.5, 0.6) is 23.0 Å². The highest BCUT2D eigenvalue weighted by molar-refractivity contribution is 6.32. The standard InChI is InChI=1S/C20H10O8.C20H8O7.H2O/c21-15-7-3-1-2-4-8(7)16(22)14-13(15)17(23)9-5-11(19(25)26)12(20(27)28)6-10(9)18(14)24;21-15-7-3-1-2-4-8(7)16(22)14-13(15)17(23)9-5-11-12(6-10(9)18(14)24)20(26)27-19(11)25;/h1-6,23-24H,(H,25,26)(H,27,28);1-6,23-24H;1H2/p-1. The molecule has 56 heavy (non-hydrogen) atoms. The lowest BCUT2D eigenvalue weighted by molar-refractivity contribution is 0.0652.